The minimum absolute atomic E-state index is 0.191. The van der Waals surface area contributed by atoms with Gasteiger partial charge in [-0.05, 0) is 25.1 Å². The highest BCUT2D eigenvalue weighted by atomic mass is 35.5. The largest absolute Gasteiger partial charge is 0.382 e. The molecule has 0 radical (unpaired) electrons. The standard InChI is InChI=1S/C12H12Cl2N4OS/c1-2-16-12-18-10(15)9(20-12)11(19)17-8-4-6(13)3-7(14)5-8/h3-5H,2,15H2,1H3,(H,16,18)(H,17,19). The summed E-state index contributed by atoms with van der Waals surface area (Å²) in [5.74, 6) is -0.154. The first kappa shape index (κ1) is 14.9. The van der Waals surface area contributed by atoms with Crippen LogP contribution in [0.4, 0.5) is 16.6 Å². The van der Waals surface area contributed by atoms with Crippen LogP contribution in [0.25, 0.3) is 0 Å². The van der Waals surface area contributed by atoms with Gasteiger partial charge in [0.05, 0.1) is 0 Å². The molecule has 8 heteroatoms. The third kappa shape index (κ3) is 3.53. The molecule has 0 fully saturated rings. The Labute approximate surface area is 130 Å². The SMILES string of the molecule is CCNc1nc(N)c(C(=O)Nc2cc(Cl)cc(Cl)c2)s1. The Morgan fingerprint density at radius 1 is 1.35 bits per heavy atom. The number of hydrogen-bond acceptors (Lipinski definition) is 5. The molecule has 0 atom stereocenters. The molecule has 2 rings (SSSR count). The van der Waals surface area contributed by atoms with E-state index >= 15 is 0 Å². The molecule has 5 nitrogen and oxygen atoms in total. The number of aromatic nitrogens is 1. The van der Waals surface area contributed by atoms with E-state index in [4.69, 9.17) is 28.9 Å². The van der Waals surface area contributed by atoms with Crippen molar-refractivity contribution in [3.8, 4) is 0 Å². The fourth-order valence-corrected chi connectivity index (χ4v) is 2.91. The smallest absolute Gasteiger partial charge is 0.269 e. The molecular formula is C12H12Cl2N4OS. The summed E-state index contributed by atoms with van der Waals surface area (Å²) >= 11 is 12.9. The lowest BCUT2D eigenvalue weighted by molar-refractivity contribution is 0.103. The third-order valence-corrected chi connectivity index (χ3v) is 3.77. The normalized spacial score (nSPS) is 10.3. The lowest BCUT2D eigenvalue weighted by Crippen LogP contribution is -2.12. The van der Waals surface area contributed by atoms with Crippen LogP contribution < -0.4 is 16.4 Å². The summed E-state index contributed by atoms with van der Waals surface area (Å²) in [5.41, 5.74) is 6.24. The molecule has 1 heterocycles. The first-order chi connectivity index (χ1) is 9.49. The van der Waals surface area contributed by atoms with Gasteiger partial charge in [0, 0.05) is 22.3 Å². The van der Waals surface area contributed by atoms with E-state index in [-0.39, 0.29) is 11.7 Å². The number of anilines is 3. The molecule has 1 aromatic carbocycles. The molecule has 0 bridgehead atoms. The number of halogens is 2. The summed E-state index contributed by atoms with van der Waals surface area (Å²) in [5, 5.41) is 7.20. The number of carbonyl (C=O) groups excluding carboxylic acids is 1. The predicted octanol–water partition coefficient (Wildman–Crippen LogP) is 3.72. The van der Waals surface area contributed by atoms with E-state index in [0.29, 0.717) is 32.3 Å². The molecular weight excluding hydrogens is 319 g/mol. The van der Waals surface area contributed by atoms with Crippen LogP contribution in [0.2, 0.25) is 10.0 Å². The zero-order chi connectivity index (χ0) is 14.7. The predicted molar refractivity (Wildman–Crippen MR) is 85.1 cm³/mol. The van der Waals surface area contributed by atoms with Gasteiger partial charge < -0.3 is 16.4 Å². The lowest BCUT2D eigenvalue weighted by Gasteiger charge is -2.05. The van der Waals surface area contributed by atoms with Crippen molar-refractivity contribution in [3.63, 3.8) is 0 Å². The lowest BCUT2D eigenvalue weighted by atomic mass is 10.3. The molecule has 0 aliphatic heterocycles. The van der Waals surface area contributed by atoms with Crippen LogP contribution in [0.3, 0.4) is 0 Å². The van der Waals surface area contributed by atoms with E-state index in [1.54, 1.807) is 18.2 Å². The van der Waals surface area contributed by atoms with E-state index in [9.17, 15) is 4.79 Å². The topological polar surface area (TPSA) is 80.0 Å². The van der Waals surface area contributed by atoms with Gasteiger partial charge in [-0.25, -0.2) is 4.98 Å². The Balaban J connectivity index is 2.19. The summed E-state index contributed by atoms with van der Waals surface area (Å²) in [6.07, 6.45) is 0. The number of hydrogen-bond donors (Lipinski definition) is 3. The summed E-state index contributed by atoms with van der Waals surface area (Å²) in [6.45, 7) is 2.64. The third-order valence-electron chi connectivity index (χ3n) is 2.31. The van der Waals surface area contributed by atoms with E-state index in [1.165, 1.54) is 11.3 Å². The van der Waals surface area contributed by atoms with E-state index in [1.807, 2.05) is 6.92 Å². The minimum Gasteiger partial charge on any atom is -0.382 e. The number of nitrogen functional groups attached to an aromatic ring is 1. The fraction of sp³-hybridized carbons (Fsp3) is 0.167. The second-order valence-electron chi connectivity index (χ2n) is 3.88. The molecule has 0 aliphatic carbocycles. The van der Waals surface area contributed by atoms with Crippen LogP contribution in [0.15, 0.2) is 18.2 Å². The van der Waals surface area contributed by atoms with Gasteiger partial charge in [-0.3, -0.25) is 4.79 Å². The second-order valence-corrected chi connectivity index (χ2v) is 5.75. The number of carbonyl (C=O) groups is 1. The maximum Gasteiger partial charge on any atom is 0.269 e. The average molecular weight is 331 g/mol. The zero-order valence-electron chi connectivity index (χ0n) is 10.5. The van der Waals surface area contributed by atoms with Gasteiger partial charge in [-0.1, -0.05) is 34.5 Å². The molecule has 0 saturated heterocycles. The van der Waals surface area contributed by atoms with Gasteiger partial charge in [0.1, 0.15) is 10.7 Å². The van der Waals surface area contributed by atoms with E-state index < -0.39 is 0 Å². The first-order valence-corrected chi connectivity index (χ1v) is 7.34. The van der Waals surface area contributed by atoms with Crippen molar-refractivity contribution < 1.29 is 4.79 Å². The highest BCUT2D eigenvalue weighted by molar-refractivity contribution is 7.18. The Kier molecular flexibility index (Phi) is 4.69. The maximum absolute atomic E-state index is 12.1. The zero-order valence-corrected chi connectivity index (χ0v) is 12.9. The minimum atomic E-state index is -0.345. The molecule has 2 aromatic rings. The molecule has 4 N–H and O–H groups in total. The Hall–Kier alpha value is -1.50. The Morgan fingerprint density at radius 3 is 2.60 bits per heavy atom. The monoisotopic (exact) mass is 330 g/mol. The number of benzene rings is 1. The van der Waals surface area contributed by atoms with Crippen LogP contribution in [-0.4, -0.2) is 17.4 Å². The number of nitrogens with zero attached hydrogens (tertiary/aromatic N) is 1. The average Bonchev–Trinajstić information content (AvgIpc) is 2.69. The van der Waals surface area contributed by atoms with Crippen molar-refractivity contribution in [1.82, 2.24) is 4.98 Å². The molecule has 0 spiro atoms. The van der Waals surface area contributed by atoms with Gasteiger partial charge in [0.2, 0.25) is 0 Å². The quantitative estimate of drug-likeness (QED) is 0.798. The van der Waals surface area contributed by atoms with Crippen molar-refractivity contribution in [2.45, 2.75) is 6.92 Å². The summed E-state index contributed by atoms with van der Waals surface area (Å²) < 4.78 is 0. The van der Waals surface area contributed by atoms with Crippen molar-refractivity contribution in [2.75, 3.05) is 22.9 Å². The number of nitrogens with one attached hydrogen (secondary N) is 2. The maximum atomic E-state index is 12.1. The van der Waals surface area contributed by atoms with Crippen LogP contribution in [0.5, 0.6) is 0 Å². The Bertz CT molecular complexity index is 624. The Morgan fingerprint density at radius 2 is 2.00 bits per heavy atom. The van der Waals surface area contributed by atoms with Crippen LogP contribution >= 0.6 is 34.5 Å². The van der Waals surface area contributed by atoms with Crippen molar-refractivity contribution in [1.29, 1.82) is 0 Å². The fourth-order valence-electron chi connectivity index (χ4n) is 1.54. The molecule has 0 saturated carbocycles. The van der Waals surface area contributed by atoms with Gasteiger partial charge >= 0.3 is 0 Å². The van der Waals surface area contributed by atoms with Crippen LogP contribution in [-0.2, 0) is 0 Å². The highest BCUT2D eigenvalue weighted by Crippen LogP contribution is 2.27. The number of nitrogens with two attached hydrogens (primary N) is 1. The molecule has 106 valence electrons. The first-order valence-electron chi connectivity index (χ1n) is 5.77. The highest BCUT2D eigenvalue weighted by Gasteiger charge is 2.16. The van der Waals surface area contributed by atoms with Crippen molar-refractivity contribution >= 4 is 57.1 Å². The molecule has 20 heavy (non-hydrogen) atoms. The van der Waals surface area contributed by atoms with Gasteiger partial charge in [-0.2, -0.15) is 0 Å². The van der Waals surface area contributed by atoms with Gasteiger partial charge in [-0.15, -0.1) is 0 Å². The number of amides is 1. The summed E-state index contributed by atoms with van der Waals surface area (Å²) in [4.78, 5) is 16.6. The van der Waals surface area contributed by atoms with Gasteiger partial charge in [0.15, 0.2) is 5.13 Å². The van der Waals surface area contributed by atoms with Gasteiger partial charge in [0.25, 0.3) is 5.91 Å². The second kappa shape index (κ2) is 6.30. The number of rotatable bonds is 4. The number of thiazole rings is 1. The molecule has 0 unspecified atom stereocenters. The van der Waals surface area contributed by atoms with Crippen LogP contribution in [0, 0.1) is 0 Å². The summed E-state index contributed by atoms with van der Waals surface area (Å²) in [7, 11) is 0. The van der Waals surface area contributed by atoms with Crippen molar-refractivity contribution in [2.24, 2.45) is 0 Å². The molecule has 0 aliphatic rings. The van der Waals surface area contributed by atoms with Crippen LogP contribution in [0.1, 0.15) is 16.6 Å². The van der Waals surface area contributed by atoms with E-state index in [0.717, 1.165) is 0 Å². The van der Waals surface area contributed by atoms with Crippen molar-refractivity contribution in [3.05, 3.63) is 33.1 Å². The molecule has 1 amide bonds. The summed E-state index contributed by atoms with van der Waals surface area (Å²) in [6, 6.07) is 4.80. The molecule has 1 aromatic heterocycles. The van der Waals surface area contributed by atoms with E-state index in [2.05, 4.69) is 15.6 Å².